The molecule has 2 aromatic rings. The third kappa shape index (κ3) is 6.84. The predicted octanol–water partition coefficient (Wildman–Crippen LogP) is 5.03. The summed E-state index contributed by atoms with van der Waals surface area (Å²) in [5.41, 5.74) is 2.42. The molecule has 0 bridgehead atoms. The van der Waals surface area contributed by atoms with Crippen LogP contribution in [0.2, 0.25) is 0 Å². The lowest BCUT2D eigenvalue weighted by molar-refractivity contribution is -0.146. The van der Waals surface area contributed by atoms with E-state index in [1.165, 1.54) is 5.56 Å². The molecule has 8 heteroatoms. The Morgan fingerprint density at radius 3 is 2.37 bits per heavy atom. The Balaban J connectivity index is 1.47. The summed E-state index contributed by atoms with van der Waals surface area (Å²) in [6.45, 7) is 12.7. The summed E-state index contributed by atoms with van der Waals surface area (Å²) in [4.78, 5) is 15.3. The van der Waals surface area contributed by atoms with Crippen molar-refractivity contribution in [2.24, 2.45) is 5.92 Å². The van der Waals surface area contributed by atoms with Gasteiger partial charge >= 0.3 is 0 Å². The normalized spacial score (nSPS) is 23.3. The van der Waals surface area contributed by atoms with Gasteiger partial charge in [0.2, 0.25) is 15.9 Å². The van der Waals surface area contributed by atoms with Gasteiger partial charge in [0.05, 0.1) is 23.6 Å². The number of hydrogen-bond donors (Lipinski definition) is 1. The van der Waals surface area contributed by atoms with E-state index in [4.69, 9.17) is 4.74 Å². The van der Waals surface area contributed by atoms with E-state index >= 15 is 0 Å². The molecule has 1 N–H and O–H groups in total. The molecule has 2 aliphatic rings. The second-order valence-corrected chi connectivity index (χ2v) is 13.7. The minimum absolute atomic E-state index is 0.0722. The number of benzene rings is 2. The number of likely N-dealkylation sites (tertiary alicyclic amines) is 1. The smallest absolute Gasteiger partial charge is 0.243 e. The fourth-order valence-corrected chi connectivity index (χ4v) is 7.29. The molecule has 2 aromatic carbocycles. The Labute approximate surface area is 228 Å². The van der Waals surface area contributed by atoms with Crippen molar-refractivity contribution in [3.63, 3.8) is 0 Å². The molecule has 2 heterocycles. The van der Waals surface area contributed by atoms with Gasteiger partial charge in [-0.05, 0) is 74.4 Å². The molecule has 2 saturated heterocycles. The number of aryl methyl sites for hydroxylation is 1. The van der Waals surface area contributed by atoms with Gasteiger partial charge in [-0.3, -0.25) is 9.69 Å². The number of hydrogen-bond acceptors (Lipinski definition) is 5. The summed E-state index contributed by atoms with van der Waals surface area (Å²) in [5, 5.41) is 3.01. The molecule has 1 spiro atoms. The van der Waals surface area contributed by atoms with Crippen LogP contribution in [0, 0.1) is 12.8 Å². The van der Waals surface area contributed by atoms with E-state index in [0.29, 0.717) is 36.4 Å². The van der Waals surface area contributed by atoms with Crippen molar-refractivity contribution in [1.82, 2.24) is 9.21 Å². The van der Waals surface area contributed by atoms with Crippen molar-refractivity contribution in [2.75, 3.05) is 38.1 Å². The molecule has 2 aliphatic heterocycles. The van der Waals surface area contributed by atoms with Gasteiger partial charge in [0.15, 0.2) is 0 Å². The Morgan fingerprint density at radius 1 is 1.05 bits per heavy atom. The molecule has 0 aromatic heterocycles. The standard InChI is InChI=1S/C30H43N3O4S/c1-22(2)17-27-19-37-30(21-33(27)38(35,36)28-13-7-24(5)8-14-28)15-6-16-32(20-30)18-29(34)31-26-11-9-25(10-12-26)23(3)4/h7-14,22-23,27H,6,15-21H2,1-5H3,(H,31,34)/t27-,30+/m0/s1. The molecule has 0 radical (unpaired) electrons. The van der Waals surface area contributed by atoms with Crippen LogP contribution < -0.4 is 5.32 Å². The first-order valence-corrected chi connectivity index (χ1v) is 15.3. The van der Waals surface area contributed by atoms with Crippen LogP contribution in [0.4, 0.5) is 5.69 Å². The van der Waals surface area contributed by atoms with Crippen LogP contribution in [0.5, 0.6) is 0 Å². The maximum Gasteiger partial charge on any atom is 0.243 e. The minimum atomic E-state index is -3.68. The number of rotatable bonds is 8. The van der Waals surface area contributed by atoms with Crippen molar-refractivity contribution < 1.29 is 17.9 Å². The van der Waals surface area contributed by atoms with Crippen LogP contribution in [0.15, 0.2) is 53.4 Å². The number of carbonyl (C=O) groups is 1. The van der Waals surface area contributed by atoms with Gasteiger partial charge in [-0.1, -0.05) is 57.5 Å². The number of ether oxygens (including phenoxy) is 1. The van der Waals surface area contributed by atoms with E-state index in [9.17, 15) is 13.2 Å². The summed E-state index contributed by atoms with van der Waals surface area (Å²) in [7, 11) is -3.68. The van der Waals surface area contributed by atoms with Crippen LogP contribution >= 0.6 is 0 Å². The zero-order valence-electron chi connectivity index (χ0n) is 23.4. The van der Waals surface area contributed by atoms with Gasteiger partial charge in [-0.15, -0.1) is 0 Å². The Bertz CT molecular complexity index is 1200. The predicted molar refractivity (Wildman–Crippen MR) is 152 cm³/mol. The maximum absolute atomic E-state index is 13.8. The number of nitrogens with one attached hydrogen (secondary N) is 1. The van der Waals surface area contributed by atoms with E-state index in [1.807, 2.05) is 43.3 Å². The summed E-state index contributed by atoms with van der Waals surface area (Å²) < 4.78 is 35.8. The van der Waals surface area contributed by atoms with Crippen LogP contribution in [0.25, 0.3) is 0 Å². The van der Waals surface area contributed by atoms with Crippen LogP contribution in [0.3, 0.4) is 0 Å². The highest BCUT2D eigenvalue weighted by Crippen LogP contribution is 2.35. The summed E-state index contributed by atoms with van der Waals surface area (Å²) in [5.74, 6) is 0.709. The van der Waals surface area contributed by atoms with Crippen molar-refractivity contribution in [3.05, 3.63) is 59.7 Å². The monoisotopic (exact) mass is 541 g/mol. The topological polar surface area (TPSA) is 79.0 Å². The average Bonchev–Trinajstić information content (AvgIpc) is 2.85. The van der Waals surface area contributed by atoms with Crippen molar-refractivity contribution >= 4 is 21.6 Å². The lowest BCUT2D eigenvalue weighted by Gasteiger charge is -2.50. The molecule has 2 atom stereocenters. The lowest BCUT2D eigenvalue weighted by atomic mass is 9.89. The van der Waals surface area contributed by atoms with Crippen molar-refractivity contribution in [3.8, 4) is 0 Å². The zero-order valence-corrected chi connectivity index (χ0v) is 24.3. The van der Waals surface area contributed by atoms with Gasteiger partial charge < -0.3 is 10.1 Å². The molecule has 0 saturated carbocycles. The van der Waals surface area contributed by atoms with E-state index in [-0.39, 0.29) is 18.5 Å². The fraction of sp³-hybridized carbons (Fsp3) is 0.567. The Morgan fingerprint density at radius 2 is 1.74 bits per heavy atom. The van der Waals surface area contributed by atoms with Crippen LogP contribution in [0.1, 0.15) is 64.0 Å². The molecule has 38 heavy (non-hydrogen) atoms. The lowest BCUT2D eigenvalue weighted by Crippen LogP contribution is -2.64. The molecule has 7 nitrogen and oxygen atoms in total. The van der Waals surface area contributed by atoms with E-state index in [2.05, 4.69) is 37.9 Å². The number of morpholine rings is 1. The van der Waals surface area contributed by atoms with E-state index in [1.54, 1.807) is 16.4 Å². The second-order valence-electron chi connectivity index (χ2n) is 11.8. The quantitative estimate of drug-likeness (QED) is 0.507. The molecule has 0 unspecified atom stereocenters. The van der Waals surface area contributed by atoms with Gasteiger partial charge in [-0.25, -0.2) is 8.42 Å². The maximum atomic E-state index is 13.8. The third-order valence-corrected chi connectivity index (χ3v) is 9.56. The van der Waals surface area contributed by atoms with Crippen molar-refractivity contribution in [2.45, 2.75) is 76.3 Å². The molecule has 1 amide bonds. The molecule has 4 rings (SSSR count). The van der Waals surface area contributed by atoms with Gasteiger partial charge in [0, 0.05) is 24.8 Å². The van der Waals surface area contributed by atoms with Crippen molar-refractivity contribution in [1.29, 1.82) is 0 Å². The third-order valence-electron chi connectivity index (χ3n) is 7.65. The highest BCUT2D eigenvalue weighted by Gasteiger charge is 2.47. The summed E-state index contributed by atoms with van der Waals surface area (Å²) in [6.07, 6.45) is 2.36. The van der Waals surface area contributed by atoms with Crippen LogP contribution in [-0.4, -0.2) is 68.0 Å². The number of nitrogens with zero attached hydrogens (tertiary/aromatic N) is 2. The van der Waals surface area contributed by atoms with Gasteiger partial charge in [-0.2, -0.15) is 4.31 Å². The fourth-order valence-electron chi connectivity index (χ4n) is 5.60. The number of carbonyl (C=O) groups excluding carboxylic acids is 1. The largest absolute Gasteiger partial charge is 0.371 e. The van der Waals surface area contributed by atoms with Gasteiger partial charge in [0.1, 0.15) is 0 Å². The van der Waals surface area contributed by atoms with E-state index < -0.39 is 15.6 Å². The molecule has 2 fully saturated rings. The number of anilines is 1. The summed E-state index contributed by atoms with van der Waals surface area (Å²) >= 11 is 0. The molecular formula is C30H43N3O4S. The minimum Gasteiger partial charge on any atom is -0.371 e. The number of amides is 1. The Kier molecular flexibility index (Phi) is 8.97. The molecule has 0 aliphatic carbocycles. The average molecular weight is 542 g/mol. The SMILES string of the molecule is Cc1ccc(S(=O)(=O)N2C[C@]3(CCCN(CC(=O)Nc4ccc(C(C)C)cc4)C3)OC[C@@H]2CC(C)C)cc1. The zero-order chi connectivity index (χ0) is 27.5. The Hall–Kier alpha value is -2.26. The molecular weight excluding hydrogens is 498 g/mol. The number of sulfonamides is 1. The first-order chi connectivity index (χ1) is 18.0. The van der Waals surface area contributed by atoms with Gasteiger partial charge in [0.25, 0.3) is 0 Å². The highest BCUT2D eigenvalue weighted by atomic mass is 32.2. The highest BCUT2D eigenvalue weighted by molar-refractivity contribution is 7.89. The summed E-state index contributed by atoms with van der Waals surface area (Å²) in [6, 6.07) is 14.9. The van der Waals surface area contributed by atoms with E-state index in [0.717, 1.165) is 37.1 Å². The van der Waals surface area contributed by atoms with Crippen LogP contribution in [-0.2, 0) is 19.6 Å². The second kappa shape index (κ2) is 11.9. The first-order valence-electron chi connectivity index (χ1n) is 13.8. The number of piperidine rings is 1. The molecule has 208 valence electrons. The first kappa shape index (κ1) is 28.7.